The van der Waals surface area contributed by atoms with Crippen molar-refractivity contribution in [2.45, 2.75) is 20.0 Å². The van der Waals surface area contributed by atoms with Crippen LogP contribution in [0.4, 0.5) is 11.4 Å². The number of rotatable bonds is 4. The molecule has 7 heteroatoms. The molecule has 0 spiro atoms. The molecule has 26 heavy (non-hydrogen) atoms. The Balaban J connectivity index is 1.59. The number of ether oxygens (including phenoxy) is 1. The van der Waals surface area contributed by atoms with E-state index in [-0.39, 0.29) is 24.3 Å². The number of fused-ring (bicyclic) bond motifs is 1. The van der Waals surface area contributed by atoms with Crippen molar-refractivity contribution in [3.8, 4) is 5.75 Å². The van der Waals surface area contributed by atoms with Crippen molar-refractivity contribution in [3.63, 3.8) is 0 Å². The largest absolute Gasteiger partial charge is 0.479 e. The third kappa shape index (κ3) is 3.83. The fourth-order valence-corrected chi connectivity index (χ4v) is 2.58. The van der Waals surface area contributed by atoms with Crippen molar-refractivity contribution in [2.24, 2.45) is 0 Å². The zero-order valence-corrected chi connectivity index (χ0v) is 14.5. The highest BCUT2D eigenvalue weighted by Gasteiger charge is 2.23. The molecule has 3 amide bonds. The Labute approximate surface area is 150 Å². The van der Waals surface area contributed by atoms with Crippen LogP contribution in [0, 0.1) is 6.92 Å². The van der Waals surface area contributed by atoms with Gasteiger partial charge < -0.3 is 20.7 Å². The van der Waals surface area contributed by atoms with Crippen LogP contribution in [0.1, 0.15) is 22.8 Å². The molecule has 2 aromatic rings. The minimum absolute atomic E-state index is 0.163. The first-order valence-electron chi connectivity index (χ1n) is 8.19. The molecule has 1 aliphatic heterocycles. The number of hydrogen-bond donors (Lipinski definition) is 3. The third-order valence-corrected chi connectivity index (χ3v) is 3.99. The van der Waals surface area contributed by atoms with E-state index >= 15 is 0 Å². The van der Waals surface area contributed by atoms with Gasteiger partial charge in [0.1, 0.15) is 5.75 Å². The van der Waals surface area contributed by atoms with Gasteiger partial charge in [0.2, 0.25) is 5.91 Å². The molecule has 0 aliphatic carbocycles. The molecule has 0 aromatic heterocycles. The van der Waals surface area contributed by atoms with Gasteiger partial charge in [0, 0.05) is 11.3 Å². The topological polar surface area (TPSA) is 96.5 Å². The van der Waals surface area contributed by atoms with E-state index < -0.39 is 6.10 Å². The molecule has 0 saturated heterocycles. The maximum Gasteiger partial charge on any atom is 0.265 e. The highest BCUT2D eigenvalue weighted by atomic mass is 16.5. The van der Waals surface area contributed by atoms with Gasteiger partial charge in [-0.25, -0.2) is 0 Å². The monoisotopic (exact) mass is 353 g/mol. The van der Waals surface area contributed by atoms with Crippen molar-refractivity contribution in [2.75, 3.05) is 17.2 Å². The van der Waals surface area contributed by atoms with Gasteiger partial charge in [0.15, 0.2) is 6.10 Å². The zero-order valence-electron chi connectivity index (χ0n) is 14.5. The van der Waals surface area contributed by atoms with E-state index in [1.807, 2.05) is 19.1 Å². The Bertz CT molecular complexity index is 879. The van der Waals surface area contributed by atoms with E-state index in [2.05, 4.69) is 16.0 Å². The van der Waals surface area contributed by atoms with Crippen molar-refractivity contribution < 1.29 is 19.1 Å². The summed E-state index contributed by atoms with van der Waals surface area (Å²) in [6, 6.07) is 12.1. The van der Waals surface area contributed by atoms with Gasteiger partial charge in [-0.15, -0.1) is 0 Å². The van der Waals surface area contributed by atoms with Crippen LogP contribution in [-0.4, -0.2) is 30.4 Å². The number of nitrogens with one attached hydrogen (secondary N) is 3. The highest BCUT2D eigenvalue weighted by Crippen LogP contribution is 2.32. The first kappa shape index (κ1) is 17.5. The lowest BCUT2D eigenvalue weighted by molar-refractivity contribution is -0.122. The van der Waals surface area contributed by atoms with Gasteiger partial charge in [0.25, 0.3) is 11.8 Å². The van der Waals surface area contributed by atoms with E-state index in [4.69, 9.17) is 4.74 Å². The maximum atomic E-state index is 12.1. The lowest BCUT2D eigenvalue weighted by Gasteiger charge is -2.23. The Morgan fingerprint density at radius 3 is 2.73 bits per heavy atom. The van der Waals surface area contributed by atoms with Gasteiger partial charge in [-0.3, -0.25) is 14.4 Å². The summed E-state index contributed by atoms with van der Waals surface area (Å²) in [7, 11) is 0. The van der Waals surface area contributed by atoms with Crippen LogP contribution in [0.2, 0.25) is 0 Å². The first-order chi connectivity index (χ1) is 12.4. The molecule has 1 atom stereocenters. The molecule has 1 heterocycles. The van der Waals surface area contributed by atoms with Crippen LogP contribution in [0.5, 0.6) is 5.75 Å². The van der Waals surface area contributed by atoms with Crippen molar-refractivity contribution >= 4 is 29.1 Å². The van der Waals surface area contributed by atoms with Crippen LogP contribution >= 0.6 is 0 Å². The van der Waals surface area contributed by atoms with Crippen molar-refractivity contribution in [1.82, 2.24) is 5.32 Å². The summed E-state index contributed by atoms with van der Waals surface area (Å²) in [6.07, 6.45) is -0.556. The molecule has 1 aliphatic rings. The van der Waals surface area contributed by atoms with E-state index in [0.29, 0.717) is 22.7 Å². The average Bonchev–Trinajstić information content (AvgIpc) is 2.61. The number of carbonyl (C=O) groups excluding carboxylic acids is 3. The minimum atomic E-state index is -0.556. The fraction of sp³-hybridized carbons (Fsp3) is 0.211. The Morgan fingerprint density at radius 2 is 1.96 bits per heavy atom. The summed E-state index contributed by atoms with van der Waals surface area (Å²) in [5, 5.41) is 7.98. The fourth-order valence-electron chi connectivity index (χ4n) is 2.58. The van der Waals surface area contributed by atoms with Crippen LogP contribution < -0.4 is 20.7 Å². The number of anilines is 2. The van der Waals surface area contributed by atoms with Crippen LogP contribution in [-0.2, 0) is 9.59 Å². The molecule has 134 valence electrons. The van der Waals surface area contributed by atoms with Gasteiger partial charge >= 0.3 is 0 Å². The van der Waals surface area contributed by atoms with Crippen LogP contribution in [0.25, 0.3) is 0 Å². The van der Waals surface area contributed by atoms with E-state index in [9.17, 15) is 14.4 Å². The first-order valence-corrected chi connectivity index (χ1v) is 8.19. The van der Waals surface area contributed by atoms with Gasteiger partial charge in [-0.1, -0.05) is 18.2 Å². The quantitative estimate of drug-likeness (QED) is 0.784. The van der Waals surface area contributed by atoms with Gasteiger partial charge in [-0.05, 0) is 43.7 Å². The number of amides is 3. The summed E-state index contributed by atoms with van der Waals surface area (Å²) >= 11 is 0. The molecule has 0 bridgehead atoms. The van der Waals surface area contributed by atoms with Crippen LogP contribution in [0.3, 0.4) is 0 Å². The predicted molar refractivity (Wildman–Crippen MR) is 97.3 cm³/mol. The molecule has 1 unspecified atom stereocenters. The second-order valence-electron chi connectivity index (χ2n) is 6.01. The average molecular weight is 353 g/mol. The molecule has 2 aromatic carbocycles. The summed E-state index contributed by atoms with van der Waals surface area (Å²) in [5.41, 5.74) is 2.36. The predicted octanol–water partition coefficient (Wildman–Crippen LogP) is 2.08. The zero-order chi connectivity index (χ0) is 18.7. The van der Waals surface area contributed by atoms with E-state index in [1.165, 1.54) is 0 Å². The van der Waals surface area contributed by atoms with Gasteiger partial charge in [-0.2, -0.15) is 0 Å². The third-order valence-electron chi connectivity index (χ3n) is 3.99. The second-order valence-corrected chi connectivity index (χ2v) is 6.01. The Hall–Kier alpha value is -3.35. The maximum absolute atomic E-state index is 12.1. The SMILES string of the molecule is Cc1ccccc1C(=O)NCC(=O)Nc1ccc2c(c1)NC(=O)C(C)O2. The minimum Gasteiger partial charge on any atom is -0.479 e. The summed E-state index contributed by atoms with van der Waals surface area (Å²) in [6.45, 7) is 3.33. The molecule has 7 nitrogen and oxygen atoms in total. The molecule has 0 fully saturated rings. The molecule has 3 N–H and O–H groups in total. The summed E-state index contributed by atoms with van der Waals surface area (Å²) in [5.74, 6) is -0.379. The van der Waals surface area contributed by atoms with Gasteiger partial charge in [0.05, 0.1) is 12.2 Å². The standard InChI is InChI=1S/C19H19N3O4/c1-11-5-3-4-6-14(11)19(25)20-10-17(23)21-13-7-8-16-15(9-13)22-18(24)12(2)26-16/h3-9,12H,10H2,1-2H3,(H,20,25)(H,21,23)(H,22,24). The molecule has 0 saturated carbocycles. The lowest BCUT2D eigenvalue weighted by Crippen LogP contribution is -2.34. The Morgan fingerprint density at radius 1 is 1.19 bits per heavy atom. The summed E-state index contributed by atoms with van der Waals surface area (Å²) < 4.78 is 5.46. The smallest absolute Gasteiger partial charge is 0.265 e. The Kier molecular flexibility index (Phi) is 4.88. The van der Waals surface area contributed by atoms with Crippen molar-refractivity contribution in [3.05, 3.63) is 53.6 Å². The summed E-state index contributed by atoms with van der Waals surface area (Å²) in [4.78, 5) is 35.9. The molecule has 3 rings (SSSR count). The lowest BCUT2D eigenvalue weighted by atomic mass is 10.1. The number of hydrogen-bond acceptors (Lipinski definition) is 4. The highest BCUT2D eigenvalue weighted by molar-refractivity contribution is 6.01. The molecule has 0 radical (unpaired) electrons. The number of aryl methyl sites for hydroxylation is 1. The van der Waals surface area contributed by atoms with E-state index in [1.54, 1.807) is 37.3 Å². The van der Waals surface area contributed by atoms with Crippen LogP contribution in [0.15, 0.2) is 42.5 Å². The van der Waals surface area contributed by atoms with E-state index in [0.717, 1.165) is 5.56 Å². The second kappa shape index (κ2) is 7.26. The number of benzene rings is 2. The normalized spacial score (nSPS) is 15.3. The molecular formula is C19H19N3O4. The number of carbonyl (C=O) groups is 3. The van der Waals surface area contributed by atoms with Crippen molar-refractivity contribution in [1.29, 1.82) is 0 Å². The molecular weight excluding hydrogens is 334 g/mol.